The number of para-hydroxylation sites is 1. The second-order valence-corrected chi connectivity index (χ2v) is 6.50. The van der Waals surface area contributed by atoms with Crippen molar-refractivity contribution in [3.05, 3.63) is 58.7 Å². The van der Waals surface area contributed by atoms with Crippen LogP contribution in [0.25, 0.3) is 11.3 Å². The second-order valence-electron chi connectivity index (χ2n) is 5.42. The molecule has 2 aromatic carbocycles. The zero-order chi connectivity index (χ0) is 15.8. The van der Waals surface area contributed by atoms with Crippen molar-refractivity contribution in [1.82, 2.24) is 4.98 Å². The molecule has 0 saturated carbocycles. The molecule has 0 amide bonds. The molecule has 3 nitrogen and oxygen atoms in total. The Hall–Kier alpha value is -2.40. The van der Waals surface area contributed by atoms with Gasteiger partial charge >= 0.3 is 0 Å². The molecule has 0 fully saturated rings. The van der Waals surface area contributed by atoms with Gasteiger partial charge in [-0.15, -0.1) is 11.3 Å². The Balaban J connectivity index is 1.70. The highest BCUT2D eigenvalue weighted by Gasteiger charge is 2.21. The average Bonchev–Trinajstić information content (AvgIpc) is 2.99. The van der Waals surface area contributed by atoms with Crippen LogP contribution in [0.15, 0.2) is 42.5 Å². The van der Waals surface area contributed by atoms with Crippen LogP contribution in [-0.4, -0.2) is 12.1 Å². The number of benzene rings is 2. The van der Waals surface area contributed by atoms with Crippen molar-refractivity contribution < 1.29 is 9.13 Å². The molecule has 5 heteroatoms. The van der Waals surface area contributed by atoms with Crippen molar-refractivity contribution in [3.63, 3.8) is 0 Å². The predicted octanol–water partition coefficient (Wildman–Crippen LogP) is 4.80. The maximum Gasteiger partial charge on any atom is 0.188 e. The summed E-state index contributed by atoms with van der Waals surface area (Å²) in [4.78, 5) is 5.92. The molecule has 0 bridgehead atoms. The van der Waals surface area contributed by atoms with E-state index in [2.05, 4.69) is 22.4 Å². The number of hydrogen-bond acceptors (Lipinski definition) is 4. The number of aryl methyl sites for hydroxylation is 2. The third kappa shape index (κ3) is 2.57. The van der Waals surface area contributed by atoms with Gasteiger partial charge in [-0.1, -0.05) is 12.1 Å². The Morgan fingerprint density at radius 3 is 2.87 bits per heavy atom. The smallest absolute Gasteiger partial charge is 0.188 e. The molecule has 0 atom stereocenters. The summed E-state index contributed by atoms with van der Waals surface area (Å²) in [5, 5.41) is 3.82. The van der Waals surface area contributed by atoms with E-state index in [1.165, 1.54) is 16.5 Å². The third-order valence-electron chi connectivity index (χ3n) is 4.00. The summed E-state index contributed by atoms with van der Waals surface area (Å²) in [7, 11) is 1.68. The van der Waals surface area contributed by atoms with Crippen LogP contribution in [-0.2, 0) is 12.8 Å². The predicted molar refractivity (Wildman–Crippen MR) is 91.2 cm³/mol. The van der Waals surface area contributed by atoms with Crippen molar-refractivity contribution in [2.75, 3.05) is 12.4 Å². The highest BCUT2D eigenvalue weighted by Crippen LogP contribution is 2.40. The summed E-state index contributed by atoms with van der Waals surface area (Å²) in [6, 6.07) is 12.7. The molecule has 116 valence electrons. The van der Waals surface area contributed by atoms with Gasteiger partial charge in [0, 0.05) is 10.4 Å². The van der Waals surface area contributed by atoms with Gasteiger partial charge in [0.2, 0.25) is 0 Å². The summed E-state index contributed by atoms with van der Waals surface area (Å²) in [5.41, 5.74) is 3.84. The van der Waals surface area contributed by atoms with Crippen molar-refractivity contribution in [1.29, 1.82) is 0 Å². The Morgan fingerprint density at radius 2 is 2.04 bits per heavy atom. The number of fused-ring (bicyclic) bond motifs is 3. The largest absolute Gasteiger partial charge is 0.497 e. The number of thiazole rings is 1. The van der Waals surface area contributed by atoms with Crippen LogP contribution < -0.4 is 10.1 Å². The number of rotatable bonds is 3. The van der Waals surface area contributed by atoms with E-state index in [-0.39, 0.29) is 5.82 Å². The van der Waals surface area contributed by atoms with Crippen LogP contribution in [0.5, 0.6) is 5.75 Å². The number of aromatic nitrogens is 1. The number of ether oxygens (including phenoxy) is 1. The fourth-order valence-corrected chi connectivity index (χ4v) is 3.83. The fourth-order valence-electron chi connectivity index (χ4n) is 2.85. The summed E-state index contributed by atoms with van der Waals surface area (Å²) >= 11 is 1.59. The zero-order valence-electron chi connectivity index (χ0n) is 12.6. The Labute approximate surface area is 137 Å². The maximum absolute atomic E-state index is 13.8. The Bertz CT molecular complexity index is 875. The fraction of sp³-hybridized carbons (Fsp3) is 0.167. The maximum atomic E-state index is 13.8. The lowest BCUT2D eigenvalue weighted by Gasteiger charge is -2.15. The first-order chi connectivity index (χ1) is 11.2. The van der Waals surface area contributed by atoms with Crippen LogP contribution in [0.3, 0.4) is 0 Å². The SMILES string of the molecule is COc1ccc2c(c1)CCc1sc(Nc3ccccc3F)nc1-2. The molecule has 0 spiro atoms. The van der Waals surface area contributed by atoms with Crippen LogP contribution in [0, 0.1) is 5.82 Å². The number of hydrogen-bond donors (Lipinski definition) is 1. The van der Waals surface area contributed by atoms with Crippen molar-refractivity contribution in [2.45, 2.75) is 12.8 Å². The third-order valence-corrected chi connectivity index (χ3v) is 5.03. The standard InChI is InChI=1S/C18H15FN2OS/c1-22-12-7-8-13-11(10-12)6-9-16-17(13)21-18(23-16)20-15-5-3-2-4-14(15)19/h2-5,7-8,10H,6,9H2,1H3,(H,20,21). The summed E-state index contributed by atoms with van der Waals surface area (Å²) in [5.74, 6) is 0.595. The van der Waals surface area contributed by atoms with Crippen molar-refractivity contribution >= 4 is 22.2 Å². The van der Waals surface area contributed by atoms with E-state index in [4.69, 9.17) is 4.74 Å². The molecule has 0 radical (unpaired) electrons. The molecule has 0 saturated heterocycles. The number of nitrogens with zero attached hydrogens (tertiary/aromatic N) is 1. The van der Waals surface area contributed by atoms with E-state index in [9.17, 15) is 4.39 Å². The molecule has 4 rings (SSSR count). The van der Waals surface area contributed by atoms with E-state index in [0.717, 1.165) is 35.0 Å². The van der Waals surface area contributed by atoms with E-state index < -0.39 is 0 Å². The van der Waals surface area contributed by atoms with Gasteiger partial charge in [-0.05, 0) is 48.7 Å². The first-order valence-corrected chi connectivity index (χ1v) is 8.25. The van der Waals surface area contributed by atoms with E-state index in [1.54, 1.807) is 36.6 Å². The molecular formula is C18H15FN2OS. The highest BCUT2D eigenvalue weighted by atomic mass is 32.1. The van der Waals surface area contributed by atoms with Gasteiger partial charge in [0.15, 0.2) is 5.13 Å². The first-order valence-electron chi connectivity index (χ1n) is 7.43. The lowest BCUT2D eigenvalue weighted by Crippen LogP contribution is -2.02. The number of halogens is 1. The van der Waals surface area contributed by atoms with Crippen LogP contribution in [0.1, 0.15) is 10.4 Å². The molecule has 0 aliphatic heterocycles. The molecule has 1 aliphatic carbocycles. The molecule has 1 aromatic heterocycles. The van der Waals surface area contributed by atoms with Gasteiger partial charge in [-0.25, -0.2) is 9.37 Å². The molecule has 23 heavy (non-hydrogen) atoms. The minimum absolute atomic E-state index is 0.272. The van der Waals surface area contributed by atoms with Crippen LogP contribution >= 0.6 is 11.3 Å². The van der Waals surface area contributed by atoms with Crippen LogP contribution in [0.2, 0.25) is 0 Å². The Kier molecular flexibility index (Phi) is 3.50. The second kappa shape index (κ2) is 5.66. The summed E-state index contributed by atoms with van der Waals surface area (Å²) in [6.07, 6.45) is 1.92. The number of methoxy groups -OCH3 is 1. The van der Waals surface area contributed by atoms with Crippen LogP contribution in [0.4, 0.5) is 15.2 Å². The molecule has 1 N–H and O–H groups in total. The average molecular weight is 326 g/mol. The molecular weight excluding hydrogens is 311 g/mol. The van der Waals surface area contributed by atoms with Gasteiger partial charge in [-0.3, -0.25) is 0 Å². The molecule has 3 aromatic rings. The number of anilines is 2. The first kappa shape index (κ1) is 14.2. The van der Waals surface area contributed by atoms with E-state index >= 15 is 0 Å². The summed E-state index contributed by atoms with van der Waals surface area (Å²) < 4.78 is 19.1. The lowest BCUT2D eigenvalue weighted by molar-refractivity contribution is 0.414. The minimum atomic E-state index is -0.272. The molecule has 1 aliphatic rings. The van der Waals surface area contributed by atoms with Gasteiger partial charge < -0.3 is 10.1 Å². The molecule has 0 unspecified atom stereocenters. The minimum Gasteiger partial charge on any atom is -0.497 e. The monoisotopic (exact) mass is 326 g/mol. The lowest BCUT2D eigenvalue weighted by atomic mass is 9.93. The normalized spacial score (nSPS) is 12.4. The topological polar surface area (TPSA) is 34.1 Å². The Morgan fingerprint density at radius 1 is 1.17 bits per heavy atom. The quantitative estimate of drug-likeness (QED) is 0.751. The van der Waals surface area contributed by atoms with Crippen molar-refractivity contribution in [2.24, 2.45) is 0 Å². The van der Waals surface area contributed by atoms with Gasteiger partial charge in [-0.2, -0.15) is 0 Å². The van der Waals surface area contributed by atoms with E-state index in [1.807, 2.05) is 6.07 Å². The number of nitrogens with one attached hydrogen (secondary N) is 1. The highest BCUT2D eigenvalue weighted by molar-refractivity contribution is 7.16. The van der Waals surface area contributed by atoms with Gasteiger partial charge in [0.1, 0.15) is 11.6 Å². The van der Waals surface area contributed by atoms with Gasteiger partial charge in [0.25, 0.3) is 0 Å². The van der Waals surface area contributed by atoms with E-state index in [0.29, 0.717) is 5.69 Å². The van der Waals surface area contributed by atoms with Gasteiger partial charge in [0.05, 0.1) is 18.5 Å². The van der Waals surface area contributed by atoms with Crippen molar-refractivity contribution in [3.8, 4) is 17.0 Å². The summed E-state index contributed by atoms with van der Waals surface area (Å²) in [6.45, 7) is 0. The zero-order valence-corrected chi connectivity index (χ0v) is 13.4. The molecule has 1 heterocycles.